The molecule has 0 unspecified atom stereocenters. The highest BCUT2D eigenvalue weighted by molar-refractivity contribution is 7.89. The number of nitrogens with zero attached hydrogens (tertiary/aromatic N) is 2. The molecule has 1 aromatic heterocycles. The molecule has 0 radical (unpaired) electrons. The largest absolute Gasteiger partial charge is 0.440 e. The molecule has 2 heterocycles. The summed E-state index contributed by atoms with van der Waals surface area (Å²) in [6.45, 7) is 8.56. The Morgan fingerprint density at radius 1 is 1.15 bits per heavy atom. The van der Waals surface area contributed by atoms with Crippen LogP contribution in [0.15, 0.2) is 21.6 Å². The minimum atomic E-state index is -3.64. The van der Waals surface area contributed by atoms with E-state index in [1.165, 1.54) is 16.4 Å². The number of hydrogen-bond acceptors (Lipinski definition) is 5. The summed E-state index contributed by atoms with van der Waals surface area (Å²) < 4.78 is 31.2. The van der Waals surface area contributed by atoms with E-state index in [0.29, 0.717) is 32.5 Å². The van der Waals surface area contributed by atoms with Crippen molar-refractivity contribution in [2.75, 3.05) is 26.2 Å². The normalized spacial score (nSPS) is 19.1. The molecule has 1 aliphatic rings. The summed E-state index contributed by atoms with van der Waals surface area (Å²) in [5, 5.41) is -0.163. The van der Waals surface area contributed by atoms with Crippen LogP contribution in [0.3, 0.4) is 0 Å². The Morgan fingerprint density at radius 3 is 2.20 bits per heavy atom. The Balaban J connectivity index is 2.11. The van der Waals surface area contributed by atoms with Crippen molar-refractivity contribution in [3.63, 3.8) is 0 Å². The van der Waals surface area contributed by atoms with Crippen LogP contribution in [0.5, 0.6) is 0 Å². The zero-order valence-corrected chi connectivity index (χ0v) is 12.8. The SMILES string of the molecule is CC(C)(C)N1CCN(S(=O)(=O)c2ccc(C=O)o2)CC1. The minimum absolute atomic E-state index is 0.0249. The molecule has 0 amide bonds. The molecule has 1 fully saturated rings. The predicted molar refractivity (Wildman–Crippen MR) is 74.2 cm³/mol. The minimum Gasteiger partial charge on any atom is -0.440 e. The van der Waals surface area contributed by atoms with E-state index in [-0.39, 0.29) is 16.4 Å². The van der Waals surface area contributed by atoms with Crippen molar-refractivity contribution < 1.29 is 17.6 Å². The number of carbonyl (C=O) groups is 1. The van der Waals surface area contributed by atoms with Gasteiger partial charge >= 0.3 is 0 Å². The third-order valence-electron chi connectivity index (χ3n) is 3.50. The predicted octanol–water partition coefficient (Wildman–Crippen LogP) is 1.20. The van der Waals surface area contributed by atoms with Crippen molar-refractivity contribution in [2.45, 2.75) is 31.4 Å². The lowest BCUT2D eigenvalue weighted by atomic mass is 10.1. The molecule has 0 atom stereocenters. The van der Waals surface area contributed by atoms with Crippen molar-refractivity contribution >= 4 is 16.3 Å². The van der Waals surface area contributed by atoms with Gasteiger partial charge < -0.3 is 4.42 Å². The van der Waals surface area contributed by atoms with Crippen LogP contribution in [-0.4, -0.2) is 55.6 Å². The molecule has 0 N–H and O–H groups in total. The Kier molecular flexibility index (Phi) is 4.04. The number of carbonyl (C=O) groups excluding carboxylic acids is 1. The molecule has 7 heteroatoms. The van der Waals surface area contributed by atoms with Crippen molar-refractivity contribution in [3.8, 4) is 0 Å². The highest BCUT2D eigenvalue weighted by atomic mass is 32.2. The molecule has 20 heavy (non-hydrogen) atoms. The van der Waals surface area contributed by atoms with Gasteiger partial charge in [0.15, 0.2) is 12.0 Å². The van der Waals surface area contributed by atoms with Crippen molar-refractivity contribution in [3.05, 3.63) is 17.9 Å². The van der Waals surface area contributed by atoms with Gasteiger partial charge in [-0.3, -0.25) is 9.69 Å². The molecule has 1 saturated heterocycles. The average Bonchev–Trinajstić information content (AvgIpc) is 2.87. The van der Waals surface area contributed by atoms with E-state index in [1.54, 1.807) is 0 Å². The maximum Gasteiger partial charge on any atom is 0.276 e. The summed E-state index contributed by atoms with van der Waals surface area (Å²) in [5.74, 6) is 0.0249. The number of rotatable bonds is 3. The third-order valence-corrected chi connectivity index (χ3v) is 5.27. The molecular formula is C13H20N2O4S. The van der Waals surface area contributed by atoms with E-state index in [9.17, 15) is 13.2 Å². The lowest BCUT2D eigenvalue weighted by Gasteiger charge is -2.41. The van der Waals surface area contributed by atoms with Crippen LogP contribution in [0.1, 0.15) is 31.3 Å². The standard InChI is InChI=1S/C13H20N2O4S/c1-13(2,3)14-6-8-15(9-7-14)20(17,18)12-5-4-11(10-16)19-12/h4-5,10H,6-9H2,1-3H3. The molecule has 1 aliphatic heterocycles. The van der Waals surface area contributed by atoms with Gasteiger partial charge in [-0.1, -0.05) is 0 Å². The third kappa shape index (κ3) is 2.94. The maximum absolute atomic E-state index is 12.4. The molecule has 0 aromatic carbocycles. The van der Waals surface area contributed by atoms with Gasteiger partial charge in [-0.15, -0.1) is 0 Å². The van der Waals surface area contributed by atoms with Crippen LogP contribution < -0.4 is 0 Å². The van der Waals surface area contributed by atoms with Crippen molar-refractivity contribution in [1.82, 2.24) is 9.21 Å². The van der Waals surface area contributed by atoms with E-state index in [1.807, 2.05) is 0 Å². The first-order chi connectivity index (χ1) is 9.25. The number of furan rings is 1. The van der Waals surface area contributed by atoms with Crippen LogP contribution in [0.2, 0.25) is 0 Å². The van der Waals surface area contributed by atoms with Gasteiger partial charge in [0.2, 0.25) is 5.09 Å². The molecule has 2 rings (SSSR count). The van der Waals surface area contributed by atoms with E-state index in [4.69, 9.17) is 4.42 Å². The first-order valence-corrected chi connectivity index (χ1v) is 7.99. The zero-order chi connectivity index (χ0) is 15.0. The van der Waals surface area contributed by atoms with E-state index >= 15 is 0 Å². The van der Waals surface area contributed by atoms with Gasteiger partial charge in [0.25, 0.3) is 10.0 Å². The van der Waals surface area contributed by atoms with E-state index in [0.717, 1.165) is 0 Å². The summed E-state index contributed by atoms with van der Waals surface area (Å²) >= 11 is 0. The summed E-state index contributed by atoms with van der Waals surface area (Å²) in [4.78, 5) is 12.8. The highest BCUT2D eigenvalue weighted by Crippen LogP contribution is 2.22. The van der Waals surface area contributed by atoms with Crippen LogP contribution in [0.4, 0.5) is 0 Å². The monoisotopic (exact) mass is 300 g/mol. The van der Waals surface area contributed by atoms with E-state index in [2.05, 4.69) is 25.7 Å². The lowest BCUT2D eigenvalue weighted by Crippen LogP contribution is -2.54. The number of aldehydes is 1. The van der Waals surface area contributed by atoms with Crippen LogP contribution >= 0.6 is 0 Å². The Labute approximate surface area is 119 Å². The second kappa shape index (κ2) is 5.31. The fraction of sp³-hybridized carbons (Fsp3) is 0.615. The molecule has 112 valence electrons. The average molecular weight is 300 g/mol. The second-order valence-corrected chi connectivity index (χ2v) is 7.71. The molecule has 0 aliphatic carbocycles. The van der Waals surface area contributed by atoms with Crippen LogP contribution in [0.25, 0.3) is 0 Å². The molecular weight excluding hydrogens is 280 g/mol. The topological polar surface area (TPSA) is 70.8 Å². The number of sulfonamides is 1. The van der Waals surface area contributed by atoms with Gasteiger partial charge in [-0.25, -0.2) is 8.42 Å². The van der Waals surface area contributed by atoms with Crippen molar-refractivity contribution in [1.29, 1.82) is 0 Å². The molecule has 1 aromatic rings. The van der Waals surface area contributed by atoms with Gasteiger partial charge in [0.05, 0.1) is 0 Å². The zero-order valence-electron chi connectivity index (χ0n) is 12.0. The molecule has 6 nitrogen and oxygen atoms in total. The van der Waals surface area contributed by atoms with Crippen LogP contribution in [-0.2, 0) is 10.0 Å². The smallest absolute Gasteiger partial charge is 0.276 e. The summed E-state index contributed by atoms with van der Waals surface area (Å²) in [6, 6.07) is 2.69. The van der Waals surface area contributed by atoms with Gasteiger partial charge in [0, 0.05) is 31.7 Å². The number of piperazine rings is 1. The molecule has 0 bridgehead atoms. The van der Waals surface area contributed by atoms with Crippen LogP contribution in [0, 0.1) is 0 Å². The summed E-state index contributed by atoms with van der Waals surface area (Å²) in [5.41, 5.74) is 0.0330. The quantitative estimate of drug-likeness (QED) is 0.784. The maximum atomic E-state index is 12.4. The Bertz CT molecular complexity index is 578. The lowest BCUT2D eigenvalue weighted by molar-refractivity contribution is 0.0915. The molecule has 0 spiro atoms. The van der Waals surface area contributed by atoms with Gasteiger partial charge in [-0.2, -0.15) is 4.31 Å². The van der Waals surface area contributed by atoms with Gasteiger partial charge in [0.1, 0.15) is 0 Å². The first-order valence-electron chi connectivity index (χ1n) is 6.55. The molecule has 0 saturated carbocycles. The fourth-order valence-electron chi connectivity index (χ4n) is 2.26. The fourth-order valence-corrected chi connectivity index (χ4v) is 3.60. The first kappa shape index (κ1) is 15.2. The van der Waals surface area contributed by atoms with E-state index < -0.39 is 10.0 Å². The highest BCUT2D eigenvalue weighted by Gasteiger charge is 2.33. The summed E-state index contributed by atoms with van der Waals surface area (Å²) in [7, 11) is -3.64. The van der Waals surface area contributed by atoms with Crippen molar-refractivity contribution in [2.24, 2.45) is 0 Å². The Hall–Kier alpha value is -1.18. The Morgan fingerprint density at radius 2 is 1.75 bits per heavy atom. The van der Waals surface area contributed by atoms with Gasteiger partial charge in [-0.05, 0) is 32.9 Å². The number of hydrogen-bond donors (Lipinski definition) is 0. The summed E-state index contributed by atoms with van der Waals surface area (Å²) in [6.07, 6.45) is 0.497. The second-order valence-electron chi connectivity index (χ2n) is 5.84.